The second-order valence-electron chi connectivity index (χ2n) is 4.15. The Labute approximate surface area is 90.1 Å². The highest BCUT2D eigenvalue weighted by Gasteiger charge is 2.18. The zero-order valence-corrected chi connectivity index (χ0v) is 9.36. The molecule has 2 heterocycles. The molecule has 0 radical (unpaired) electrons. The Kier molecular flexibility index (Phi) is 2.75. The van der Waals surface area contributed by atoms with Crippen LogP contribution in [0, 0.1) is 19.1 Å². The van der Waals surface area contributed by atoms with E-state index < -0.39 is 0 Å². The summed E-state index contributed by atoms with van der Waals surface area (Å²) in [5.74, 6) is 1.49. The van der Waals surface area contributed by atoms with E-state index >= 15 is 0 Å². The van der Waals surface area contributed by atoms with Gasteiger partial charge in [-0.15, -0.1) is 0 Å². The SMILES string of the molecule is Cc1cc(N2CCCCC2)nc(C)[n+]1[O-]. The van der Waals surface area contributed by atoms with Gasteiger partial charge < -0.3 is 10.1 Å². The first kappa shape index (κ1) is 10.2. The molecule has 1 aliphatic rings. The Morgan fingerprint density at radius 3 is 2.53 bits per heavy atom. The lowest BCUT2D eigenvalue weighted by Gasteiger charge is -2.25. The van der Waals surface area contributed by atoms with Crippen molar-refractivity contribution in [2.75, 3.05) is 18.0 Å². The topological polar surface area (TPSA) is 43.1 Å². The molecule has 0 aliphatic carbocycles. The van der Waals surface area contributed by atoms with E-state index in [0.717, 1.165) is 29.3 Å². The van der Waals surface area contributed by atoms with Crippen LogP contribution in [0.15, 0.2) is 6.07 Å². The zero-order valence-electron chi connectivity index (χ0n) is 9.36. The van der Waals surface area contributed by atoms with Crippen molar-refractivity contribution in [2.24, 2.45) is 0 Å². The minimum atomic E-state index is 0.538. The fraction of sp³-hybridized carbons (Fsp3) is 0.636. The van der Waals surface area contributed by atoms with Gasteiger partial charge in [0.2, 0.25) is 5.82 Å². The molecule has 82 valence electrons. The molecule has 15 heavy (non-hydrogen) atoms. The van der Waals surface area contributed by atoms with Gasteiger partial charge in [0.15, 0.2) is 0 Å². The molecular weight excluding hydrogens is 190 g/mol. The van der Waals surface area contributed by atoms with Crippen LogP contribution in [0.2, 0.25) is 0 Å². The fourth-order valence-corrected chi connectivity index (χ4v) is 2.03. The van der Waals surface area contributed by atoms with Crippen molar-refractivity contribution in [1.82, 2.24) is 4.98 Å². The Morgan fingerprint density at radius 1 is 1.27 bits per heavy atom. The van der Waals surface area contributed by atoms with Crippen LogP contribution in [0.5, 0.6) is 0 Å². The van der Waals surface area contributed by atoms with Crippen molar-refractivity contribution in [2.45, 2.75) is 33.1 Å². The second kappa shape index (κ2) is 4.04. The summed E-state index contributed by atoms with van der Waals surface area (Å²) >= 11 is 0. The minimum Gasteiger partial charge on any atom is -0.711 e. The van der Waals surface area contributed by atoms with Crippen LogP contribution in [0.1, 0.15) is 30.8 Å². The predicted molar refractivity (Wildman–Crippen MR) is 58.7 cm³/mol. The van der Waals surface area contributed by atoms with Crippen LogP contribution < -0.4 is 9.63 Å². The van der Waals surface area contributed by atoms with Gasteiger partial charge >= 0.3 is 5.82 Å². The molecule has 4 heteroatoms. The fourth-order valence-electron chi connectivity index (χ4n) is 2.03. The summed E-state index contributed by atoms with van der Waals surface area (Å²) in [4.78, 5) is 6.60. The van der Waals surface area contributed by atoms with Gasteiger partial charge in [0.05, 0.1) is 0 Å². The van der Waals surface area contributed by atoms with E-state index in [-0.39, 0.29) is 0 Å². The van der Waals surface area contributed by atoms with Gasteiger partial charge in [0.1, 0.15) is 5.69 Å². The molecule has 1 aromatic rings. The third-order valence-electron chi connectivity index (χ3n) is 2.91. The third-order valence-corrected chi connectivity index (χ3v) is 2.91. The van der Waals surface area contributed by atoms with Gasteiger partial charge in [-0.05, 0) is 31.2 Å². The maximum absolute atomic E-state index is 11.4. The summed E-state index contributed by atoms with van der Waals surface area (Å²) in [5, 5.41) is 11.4. The van der Waals surface area contributed by atoms with E-state index in [1.807, 2.05) is 13.0 Å². The highest BCUT2D eigenvalue weighted by molar-refractivity contribution is 5.38. The first-order valence-electron chi connectivity index (χ1n) is 5.51. The number of aromatic nitrogens is 2. The van der Waals surface area contributed by atoms with Gasteiger partial charge in [-0.2, -0.15) is 0 Å². The van der Waals surface area contributed by atoms with Crippen molar-refractivity contribution in [3.63, 3.8) is 0 Å². The third kappa shape index (κ3) is 2.03. The summed E-state index contributed by atoms with van der Waals surface area (Å²) in [5.41, 5.74) is 0.725. The van der Waals surface area contributed by atoms with E-state index in [2.05, 4.69) is 9.88 Å². The number of piperidine rings is 1. The normalized spacial score (nSPS) is 16.8. The van der Waals surface area contributed by atoms with Crippen molar-refractivity contribution < 1.29 is 4.73 Å². The van der Waals surface area contributed by atoms with E-state index in [9.17, 15) is 5.21 Å². The van der Waals surface area contributed by atoms with Crippen molar-refractivity contribution >= 4 is 5.82 Å². The highest BCUT2D eigenvalue weighted by Crippen LogP contribution is 2.17. The molecule has 1 aromatic heterocycles. The van der Waals surface area contributed by atoms with Gasteiger partial charge in [0, 0.05) is 26.1 Å². The van der Waals surface area contributed by atoms with E-state index in [1.54, 1.807) is 6.92 Å². The summed E-state index contributed by atoms with van der Waals surface area (Å²) in [6.45, 7) is 5.71. The number of aryl methyl sites for hydroxylation is 2. The number of anilines is 1. The second-order valence-corrected chi connectivity index (χ2v) is 4.15. The Balaban J connectivity index is 2.27. The van der Waals surface area contributed by atoms with Crippen LogP contribution in [-0.4, -0.2) is 18.1 Å². The zero-order chi connectivity index (χ0) is 10.8. The highest BCUT2D eigenvalue weighted by atomic mass is 16.5. The molecular formula is C11H17N3O. The summed E-state index contributed by atoms with van der Waals surface area (Å²) < 4.78 is 0.882. The number of hydrogen-bond donors (Lipinski definition) is 0. The van der Waals surface area contributed by atoms with Crippen molar-refractivity contribution in [1.29, 1.82) is 0 Å². The molecule has 4 nitrogen and oxygen atoms in total. The maximum Gasteiger partial charge on any atom is 0.301 e. The maximum atomic E-state index is 11.4. The van der Waals surface area contributed by atoms with E-state index in [1.165, 1.54) is 19.3 Å². The van der Waals surface area contributed by atoms with Gasteiger partial charge in [-0.1, -0.05) is 0 Å². The summed E-state index contributed by atoms with van der Waals surface area (Å²) in [7, 11) is 0. The largest absolute Gasteiger partial charge is 0.711 e. The first-order valence-corrected chi connectivity index (χ1v) is 5.51. The molecule has 0 bridgehead atoms. The van der Waals surface area contributed by atoms with Crippen molar-refractivity contribution in [3.05, 3.63) is 22.8 Å². The van der Waals surface area contributed by atoms with Gasteiger partial charge in [0.25, 0.3) is 0 Å². The van der Waals surface area contributed by atoms with E-state index in [4.69, 9.17) is 0 Å². The monoisotopic (exact) mass is 207 g/mol. The van der Waals surface area contributed by atoms with Gasteiger partial charge in [-0.25, -0.2) is 4.73 Å². The average Bonchev–Trinajstić information content (AvgIpc) is 2.26. The molecule has 2 rings (SSSR count). The van der Waals surface area contributed by atoms with E-state index in [0.29, 0.717) is 5.82 Å². The van der Waals surface area contributed by atoms with Crippen LogP contribution in [0.25, 0.3) is 0 Å². The first-order chi connectivity index (χ1) is 7.18. The molecule has 0 unspecified atom stereocenters. The molecule has 1 aliphatic heterocycles. The molecule has 0 aromatic carbocycles. The molecule has 0 atom stereocenters. The standard InChI is InChI=1S/C11H17N3O/c1-9-8-11(12-10(2)14(9)15)13-6-4-3-5-7-13/h8H,3-7H2,1-2H3. The van der Waals surface area contributed by atoms with Crippen molar-refractivity contribution in [3.8, 4) is 0 Å². The quantitative estimate of drug-likeness (QED) is 0.515. The average molecular weight is 207 g/mol. The predicted octanol–water partition coefficient (Wildman–Crippen LogP) is 1.32. The molecule has 0 saturated carbocycles. The van der Waals surface area contributed by atoms with Crippen LogP contribution in [0.3, 0.4) is 0 Å². The van der Waals surface area contributed by atoms with Crippen LogP contribution >= 0.6 is 0 Å². The Morgan fingerprint density at radius 2 is 1.93 bits per heavy atom. The number of nitrogens with zero attached hydrogens (tertiary/aromatic N) is 3. The molecule has 0 spiro atoms. The molecule has 1 fully saturated rings. The molecule has 0 amide bonds. The lowest BCUT2D eigenvalue weighted by atomic mass is 10.1. The van der Waals surface area contributed by atoms with Crippen LogP contribution in [-0.2, 0) is 0 Å². The number of hydrogen-bond acceptors (Lipinski definition) is 3. The lowest BCUT2D eigenvalue weighted by molar-refractivity contribution is -0.622. The molecule has 0 N–H and O–H groups in total. The summed E-state index contributed by atoms with van der Waals surface area (Å²) in [6.07, 6.45) is 3.76. The minimum absolute atomic E-state index is 0.538. The summed E-state index contributed by atoms with van der Waals surface area (Å²) in [6, 6.07) is 1.88. The molecule has 1 saturated heterocycles. The van der Waals surface area contributed by atoms with Gasteiger partial charge in [-0.3, -0.25) is 0 Å². The lowest BCUT2D eigenvalue weighted by Crippen LogP contribution is -2.37. The van der Waals surface area contributed by atoms with Crippen LogP contribution in [0.4, 0.5) is 5.82 Å². The Hall–Kier alpha value is -1.32. The smallest absolute Gasteiger partial charge is 0.301 e. The number of rotatable bonds is 1. The Bertz CT molecular complexity index is 336.